The highest BCUT2D eigenvalue weighted by Crippen LogP contribution is 2.41. The van der Waals surface area contributed by atoms with E-state index in [0.29, 0.717) is 22.3 Å². The third-order valence-electron chi connectivity index (χ3n) is 5.36. The van der Waals surface area contributed by atoms with Gasteiger partial charge in [0.25, 0.3) is 0 Å². The molecule has 0 amide bonds. The number of benzene rings is 2. The lowest BCUT2D eigenvalue weighted by molar-refractivity contribution is 0.342. The standard InChI is InChI=1S/C20H20F2O2.C2H6.H2/c1-11-3-5-12(6-4-11)13-7-8-14-15-9-10-16(23-2)18(22)20(15)24-19(14)17(13)21;1-2;/h7-12H,3-6H2,1-2H3;1-2H3;1H. The van der Waals surface area contributed by atoms with Crippen molar-refractivity contribution in [3.8, 4) is 5.75 Å². The summed E-state index contributed by atoms with van der Waals surface area (Å²) in [5, 5.41) is 1.18. The first-order valence-electron chi connectivity index (χ1n) is 9.47. The summed E-state index contributed by atoms with van der Waals surface area (Å²) in [7, 11) is 1.40. The van der Waals surface area contributed by atoms with Gasteiger partial charge in [-0.2, -0.15) is 4.39 Å². The molecule has 1 aliphatic carbocycles. The zero-order chi connectivity index (χ0) is 18.8. The smallest absolute Gasteiger partial charge is 0.208 e. The number of methoxy groups -OCH3 is 1. The van der Waals surface area contributed by atoms with Crippen LogP contribution in [-0.2, 0) is 0 Å². The molecular formula is C22H28F2O2. The Hall–Kier alpha value is -2.10. The van der Waals surface area contributed by atoms with Gasteiger partial charge in [0.1, 0.15) is 0 Å². The molecule has 0 bridgehead atoms. The number of furan rings is 1. The van der Waals surface area contributed by atoms with E-state index in [1.165, 1.54) is 7.11 Å². The van der Waals surface area contributed by atoms with Crippen LogP contribution in [-0.4, -0.2) is 7.11 Å². The van der Waals surface area contributed by atoms with E-state index in [0.717, 1.165) is 25.7 Å². The lowest BCUT2D eigenvalue weighted by atomic mass is 9.79. The van der Waals surface area contributed by atoms with Gasteiger partial charge in [-0.05, 0) is 48.4 Å². The van der Waals surface area contributed by atoms with E-state index in [4.69, 9.17) is 9.15 Å². The molecule has 2 nitrogen and oxygen atoms in total. The average molecular weight is 362 g/mol. The third-order valence-corrected chi connectivity index (χ3v) is 5.36. The highest BCUT2D eigenvalue weighted by atomic mass is 19.1. The Balaban J connectivity index is 0.000000844. The van der Waals surface area contributed by atoms with Crippen LogP contribution >= 0.6 is 0 Å². The fourth-order valence-corrected chi connectivity index (χ4v) is 3.88. The van der Waals surface area contributed by atoms with Crippen molar-refractivity contribution >= 4 is 21.9 Å². The molecule has 142 valence electrons. The molecule has 1 aromatic heterocycles. The van der Waals surface area contributed by atoms with Gasteiger partial charge in [-0.3, -0.25) is 0 Å². The van der Waals surface area contributed by atoms with Gasteiger partial charge in [0.05, 0.1) is 7.11 Å². The molecule has 3 aromatic rings. The molecule has 26 heavy (non-hydrogen) atoms. The van der Waals surface area contributed by atoms with E-state index in [-0.39, 0.29) is 30.1 Å². The first-order chi connectivity index (χ1) is 12.6. The van der Waals surface area contributed by atoms with Crippen molar-refractivity contribution in [1.29, 1.82) is 0 Å². The van der Waals surface area contributed by atoms with Crippen LogP contribution in [0.5, 0.6) is 5.75 Å². The number of hydrogen-bond donors (Lipinski definition) is 0. The summed E-state index contributed by atoms with van der Waals surface area (Å²) in [6.07, 6.45) is 4.22. The van der Waals surface area contributed by atoms with Crippen LogP contribution in [0.3, 0.4) is 0 Å². The van der Waals surface area contributed by atoms with Gasteiger partial charge in [-0.1, -0.05) is 39.7 Å². The molecule has 4 heteroatoms. The number of hydrogen-bond acceptors (Lipinski definition) is 2. The van der Waals surface area contributed by atoms with E-state index in [1.54, 1.807) is 12.1 Å². The van der Waals surface area contributed by atoms with Crippen molar-refractivity contribution in [2.75, 3.05) is 7.11 Å². The molecule has 0 N–H and O–H groups in total. The molecule has 2 aromatic carbocycles. The average Bonchev–Trinajstić information content (AvgIpc) is 3.06. The Bertz CT molecular complexity index is 912. The highest BCUT2D eigenvalue weighted by Gasteiger charge is 2.25. The van der Waals surface area contributed by atoms with Crippen molar-refractivity contribution < 1.29 is 19.4 Å². The largest absolute Gasteiger partial charge is 0.494 e. The SMILES string of the molecule is CC.COc1ccc2c(oc3c(F)c(C4CCC(C)CC4)ccc32)c1F.[HH]. The summed E-state index contributed by atoms with van der Waals surface area (Å²) in [5.74, 6) is 0.0997. The molecule has 1 saturated carbocycles. The fraction of sp³-hybridized carbons (Fsp3) is 0.455. The van der Waals surface area contributed by atoms with Gasteiger partial charge in [-0.15, -0.1) is 0 Å². The van der Waals surface area contributed by atoms with Crippen LogP contribution in [0.4, 0.5) is 8.78 Å². The first kappa shape index (κ1) is 18.7. The van der Waals surface area contributed by atoms with Crippen LogP contribution in [0.2, 0.25) is 0 Å². The van der Waals surface area contributed by atoms with Gasteiger partial charge in [-0.25, -0.2) is 4.39 Å². The van der Waals surface area contributed by atoms with E-state index >= 15 is 4.39 Å². The van der Waals surface area contributed by atoms with Gasteiger partial charge in [0.15, 0.2) is 22.7 Å². The molecule has 0 saturated heterocycles. The molecule has 0 spiro atoms. The van der Waals surface area contributed by atoms with Gasteiger partial charge in [0.2, 0.25) is 5.82 Å². The van der Waals surface area contributed by atoms with Gasteiger partial charge in [0, 0.05) is 12.2 Å². The van der Waals surface area contributed by atoms with Crippen molar-refractivity contribution in [2.24, 2.45) is 5.92 Å². The molecular weight excluding hydrogens is 334 g/mol. The van der Waals surface area contributed by atoms with Gasteiger partial charge >= 0.3 is 0 Å². The Morgan fingerprint density at radius 2 is 1.50 bits per heavy atom. The second kappa shape index (κ2) is 7.65. The molecule has 1 heterocycles. The summed E-state index contributed by atoms with van der Waals surface area (Å²) in [4.78, 5) is 0. The maximum absolute atomic E-state index is 15.1. The van der Waals surface area contributed by atoms with Crippen molar-refractivity contribution in [1.82, 2.24) is 0 Å². The Morgan fingerprint density at radius 1 is 0.923 bits per heavy atom. The Kier molecular flexibility index (Phi) is 5.49. The Labute approximate surface area is 154 Å². The monoisotopic (exact) mass is 362 g/mol. The lowest BCUT2D eigenvalue weighted by Crippen LogP contribution is -2.12. The second-order valence-corrected chi connectivity index (χ2v) is 6.86. The summed E-state index contributed by atoms with van der Waals surface area (Å²) in [5.41, 5.74) is 0.895. The number of fused-ring (bicyclic) bond motifs is 3. The quantitative estimate of drug-likeness (QED) is 0.472. The molecule has 1 aliphatic rings. The minimum Gasteiger partial charge on any atom is -0.494 e. The van der Waals surface area contributed by atoms with Gasteiger partial charge < -0.3 is 9.15 Å². The molecule has 0 unspecified atom stereocenters. The molecule has 0 aliphatic heterocycles. The fourth-order valence-electron chi connectivity index (χ4n) is 3.88. The molecule has 0 atom stereocenters. The summed E-state index contributed by atoms with van der Waals surface area (Å²) < 4.78 is 40.0. The zero-order valence-corrected chi connectivity index (χ0v) is 15.9. The molecule has 1 fully saturated rings. The topological polar surface area (TPSA) is 22.4 Å². The van der Waals surface area contributed by atoms with Crippen LogP contribution in [0.15, 0.2) is 28.7 Å². The maximum Gasteiger partial charge on any atom is 0.208 e. The predicted molar refractivity (Wildman–Crippen MR) is 104 cm³/mol. The van der Waals surface area contributed by atoms with Crippen LogP contribution < -0.4 is 4.74 Å². The number of halogens is 2. The number of ether oxygens (including phenoxy) is 1. The van der Waals surface area contributed by atoms with Crippen LogP contribution in [0.25, 0.3) is 21.9 Å². The van der Waals surface area contributed by atoms with E-state index in [2.05, 4.69) is 6.92 Å². The van der Waals surface area contributed by atoms with Crippen LogP contribution in [0.1, 0.15) is 59.4 Å². The Morgan fingerprint density at radius 3 is 2.12 bits per heavy atom. The third kappa shape index (κ3) is 3.06. The first-order valence-corrected chi connectivity index (χ1v) is 9.47. The second-order valence-electron chi connectivity index (χ2n) is 6.86. The normalized spacial score (nSPS) is 20.1. The van der Waals surface area contributed by atoms with Crippen molar-refractivity contribution in [3.05, 3.63) is 41.5 Å². The maximum atomic E-state index is 15.1. The number of rotatable bonds is 2. The highest BCUT2D eigenvalue weighted by molar-refractivity contribution is 6.05. The minimum absolute atomic E-state index is 0. The summed E-state index contributed by atoms with van der Waals surface area (Å²) in [6, 6.07) is 6.95. The molecule has 4 rings (SSSR count). The van der Waals surface area contributed by atoms with E-state index < -0.39 is 5.82 Å². The lowest BCUT2D eigenvalue weighted by Gasteiger charge is -2.26. The summed E-state index contributed by atoms with van der Waals surface area (Å²) >= 11 is 0. The van der Waals surface area contributed by atoms with Crippen LogP contribution in [0, 0.1) is 17.6 Å². The minimum atomic E-state index is -0.585. The summed E-state index contributed by atoms with van der Waals surface area (Å²) in [6.45, 7) is 6.24. The zero-order valence-electron chi connectivity index (χ0n) is 15.9. The van der Waals surface area contributed by atoms with Crippen molar-refractivity contribution in [2.45, 2.75) is 52.4 Å². The van der Waals surface area contributed by atoms with E-state index in [1.807, 2.05) is 26.0 Å². The van der Waals surface area contributed by atoms with E-state index in [9.17, 15) is 4.39 Å². The molecule has 0 radical (unpaired) electrons. The van der Waals surface area contributed by atoms with Crippen molar-refractivity contribution in [3.63, 3.8) is 0 Å². The predicted octanol–water partition coefficient (Wildman–Crippen LogP) is 7.44.